The first-order valence-corrected chi connectivity index (χ1v) is 9.89. The molecule has 1 atom stereocenters. The molecule has 0 aromatic heterocycles. The molecule has 0 spiro atoms. The molecule has 1 amide bonds. The van der Waals surface area contributed by atoms with Crippen LogP contribution >= 0.6 is 0 Å². The van der Waals surface area contributed by atoms with E-state index in [1.807, 2.05) is 19.2 Å². The maximum atomic E-state index is 11.1. The Hall–Kier alpha value is -2.04. The highest BCUT2D eigenvalue weighted by molar-refractivity contribution is 5.88. The third-order valence-corrected chi connectivity index (χ3v) is 5.42. The number of aliphatic imine (C=N–C) groups is 1. The average molecular weight is 359 g/mol. The highest BCUT2D eigenvalue weighted by Gasteiger charge is 2.29. The molecule has 1 aromatic rings. The Morgan fingerprint density at radius 2 is 1.96 bits per heavy atom. The van der Waals surface area contributed by atoms with E-state index in [1.165, 1.54) is 31.7 Å². The van der Waals surface area contributed by atoms with Crippen LogP contribution in [0.3, 0.4) is 0 Å². The summed E-state index contributed by atoms with van der Waals surface area (Å²) in [5.41, 5.74) is 2.09. The van der Waals surface area contributed by atoms with Gasteiger partial charge in [-0.3, -0.25) is 9.79 Å². The van der Waals surface area contributed by atoms with Gasteiger partial charge in [-0.2, -0.15) is 0 Å². The second kappa shape index (κ2) is 10.2. The summed E-state index contributed by atoms with van der Waals surface area (Å²) in [6.07, 6.45) is 4.76. The molecule has 1 saturated heterocycles. The van der Waals surface area contributed by atoms with Gasteiger partial charge in [0.1, 0.15) is 0 Å². The predicted octanol–water partition coefficient (Wildman–Crippen LogP) is 3.52. The number of nitrogens with one attached hydrogen (secondary N) is 2. The number of anilines is 1. The van der Waals surface area contributed by atoms with Crippen LogP contribution in [0.4, 0.5) is 5.69 Å². The fourth-order valence-electron chi connectivity index (χ4n) is 3.93. The number of carbonyl (C=O) groups is 1. The predicted molar refractivity (Wildman–Crippen MR) is 110 cm³/mol. The minimum Gasteiger partial charge on any atom is -0.356 e. The van der Waals surface area contributed by atoms with Crippen LogP contribution in [0.15, 0.2) is 29.3 Å². The molecular formula is C21H34N4O. The van der Waals surface area contributed by atoms with Gasteiger partial charge < -0.3 is 15.5 Å². The second-order valence-electron chi connectivity index (χ2n) is 7.17. The van der Waals surface area contributed by atoms with Crippen molar-refractivity contribution in [3.63, 3.8) is 0 Å². The Bertz CT molecular complexity index is 593. The largest absolute Gasteiger partial charge is 0.356 e. The lowest BCUT2D eigenvalue weighted by atomic mass is 9.87. The van der Waals surface area contributed by atoms with Gasteiger partial charge >= 0.3 is 0 Å². The molecule has 1 heterocycles. The van der Waals surface area contributed by atoms with Crippen molar-refractivity contribution in [2.75, 3.05) is 32.0 Å². The van der Waals surface area contributed by atoms with Gasteiger partial charge in [-0.1, -0.05) is 38.8 Å². The van der Waals surface area contributed by atoms with Gasteiger partial charge in [0, 0.05) is 39.3 Å². The average Bonchev–Trinajstić information content (AvgIpc) is 3.10. The van der Waals surface area contributed by atoms with E-state index in [9.17, 15) is 4.79 Å². The van der Waals surface area contributed by atoms with Crippen molar-refractivity contribution in [1.29, 1.82) is 0 Å². The summed E-state index contributed by atoms with van der Waals surface area (Å²) in [4.78, 5) is 18.0. The molecule has 0 bridgehead atoms. The molecule has 1 aliphatic rings. The first-order valence-electron chi connectivity index (χ1n) is 9.89. The molecule has 0 saturated carbocycles. The van der Waals surface area contributed by atoms with Crippen LogP contribution in [0.2, 0.25) is 0 Å². The third-order valence-electron chi connectivity index (χ3n) is 5.42. The maximum absolute atomic E-state index is 11.1. The smallest absolute Gasteiger partial charge is 0.221 e. The number of amides is 1. The molecule has 2 rings (SSSR count). The Labute approximate surface area is 158 Å². The lowest BCUT2D eigenvalue weighted by Gasteiger charge is -2.24. The Kier molecular flexibility index (Phi) is 7.95. The highest BCUT2D eigenvalue weighted by atomic mass is 16.1. The third kappa shape index (κ3) is 5.75. The summed E-state index contributed by atoms with van der Waals surface area (Å²) >= 11 is 0. The number of nitrogens with zero attached hydrogens (tertiary/aromatic N) is 2. The molecule has 144 valence electrons. The standard InChI is InChI=1S/C21H34N4O/c1-5-18(6-2)19-12-14-25(15-19)21(22-4)23-13-11-17-7-9-20(10-8-17)24-16(3)26/h7-10,18-19H,5-6,11-15H2,1-4H3,(H,22,23)(H,24,26). The van der Waals surface area contributed by atoms with Gasteiger partial charge in [0.2, 0.25) is 5.91 Å². The Morgan fingerprint density at radius 3 is 2.54 bits per heavy atom. The van der Waals surface area contributed by atoms with E-state index in [2.05, 4.69) is 46.5 Å². The zero-order valence-corrected chi connectivity index (χ0v) is 16.7. The van der Waals surface area contributed by atoms with Crippen molar-refractivity contribution in [2.24, 2.45) is 16.8 Å². The Morgan fingerprint density at radius 1 is 1.27 bits per heavy atom. The van der Waals surface area contributed by atoms with Crippen LogP contribution in [-0.4, -0.2) is 43.4 Å². The molecule has 5 heteroatoms. The van der Waals surface area contributed by atoms with Crippen molar-refractivity contribution in [2.45, 2.75) is 46.5 Å². The number of rotatable bonds is 7. The molecule has 1 fully saturated rings. The van der Waals surface area contributed by atoms with E-state index < -0.39 is 0 Å². The van der Waals surface area contributed by atoms with E-state index >= 15 is 0 Å². The lowest BCUT2D eigenvalue weighted by molar-refractivity contribution is -0.114. The van der Waals surface area contributed by atoms with Crippen LogP contribution in [0.1, 0.15) is 45.6 Å². The first kappa shape index (κ1) is 20.3. The van der Waals surface area contributed by atoms with Crippen LogP contribution in [0, 0.1) is 11.8 Å². The van der Waals surface area contributed by atoms with E-state index in [4.69, 9.17) is 0 Å². The van der Waals surface area contributed by atoms with Crippen LogP contribution < -0.4 is 10.6 Å². The SMILES string of the molecule is CCC(CC)C1CCN(C(=NC)NCCc2ccc(NC(C)=O)cc2)C1. The molecule has 0 radical (unpaired) electrons. The molecule has 1 aliphatic heterocycles. The van der Waals surface area contributed by atoms with Gasteiger partial charge in [0.05, 0.1) is 0 Å². The minimum absolute atomic E-state index is 0.0412. The summed E-state index contributed by atoms with van der Waals surface area (Å²) in [5.74, 6) is 2.61. The van der Waals surface area contributed by atoms with Crippen LogP contribution in [0.25, 0.3) is 0 Å². The normalized spacial score (nSPS) is 17.7. The van der Waals surface area contributed by atoms with Gasteiger partial charge in [0.25, 0.3) is 0 Å². The minimum atomic E-state index is -0.0412. The monoisotopic (exact) mass is 358 g/mol. The zero-order valence-electron chi connectivity index (χ0n) is 16.7. The summed E-state index contributed by atoms with van der Waals surface area (Å²) in [6, 6.07) is 8.03. The summed E-state index contributed by atoms with van der Waals surface area (Å²) < 4.78 is 0. The number of guanidine groups is 1. The number of likely N-dealkylation sites (tertiary alicyclic amines) is 1. The van der Waals surface area contributed by atoms with Crippen molar-refractivity contribution < 1.29 is 4.79 Å². The summed E-state index contributed by atoms with van der Waals surface area (Å²) in [5, 5.41) is 6.30. The lowest BCUT2D eigenvalue weighted by Crippen LogP contribution is -2.41. The Balaban J connectivity index is 1.80. The molecule has 26 heavy (non-hydrogen) atoms. The molecule has 5 nitrogen and oxygen atoms in total. The van der Waals surface area contributed by atoms with Gasteiger partial charge in [-0.15, -0.1) is 0 Å². The van der Waals surface area contributed by atoms with E-state index in [-0.39, 0.29) is 5.91 Å². The fourth-order valence-corrected chi connectivity index (χ4v) is 3.93. The number of hydrogen-bond donors (Lipinski definition) is 2. The fraction of sp³-hybridized carbons (Fsp3) is 0.619. The van der Waals surface area contributed by atoms with Gasteiger partial charge in [-0.25, -0.2) is 0 Å². The molecular weight excluding hydrogens is 324 g/mol. The molecule has 1 unspecified atom stereocenters. The van der Waals surface area contributed by atoms with Crippen LogP contribution in [0.5, 0.6) is 0 Å². The van der Waals surface area contributed by atoms with E-state index in [1.54, 1.807) is 0 Å². The van der Waals surface area contributed by atoms with E-state index in [0.29, 0.717) is 0 Å². The number of hydrogen-bond acceptors (Lipinski definition) is 2. The first-order chi connectivity index (χ1) is 12.6. The quantitative estimate of drug-likeness (QED) is 0.579. The van der Waals surface area contributed by atoms with Gasteiger partial charge in [-0.05, 0) is 42.4 Å². The highest BCUT2D eigenvalue weighted by Crippen LogP contribution is 2.28. The number of carbonyl (C=O) groups excluding carboxylic acids is 1. The summed E-state index contributed by atoms with van der Waals surface area (Å²) in [7, 11) is 1.87. The topological polar surface area (TPSA) is 56.7 Å². The van der Waals surface area contributed by atoms with Crippen molar-refractivity contribution in [3.8, 4) is 0 Å². The summed E-state index contributed by atoms with van der Waals surface area (Å²) in [6.45, 7) is 9.22. The number of benzene rings is 1. The van der Waals surface area contributed by atoms with Crippen molar-refractivity contribution in [3.05, 3.63) is 29.8 Å². The maximum Gasteiger partial charge on any atom is 0.221 e. The van der Waals surface area contributed by atoms with Crippen molar-refractivity contribution in [1.82, 2.24) is 10.2 Å². The second-order valence-corrected chi connectivity index (χ2v) is 7.17. The van der Waals surface area contributed by atoms with Crippen molar-refractivity contribution >= 4 is 17.6 Å². The molecule has 2 N–H and O–H groups in total. The molecule has 1 aromatic carbocycles. The van der Waals surface area contributed by atoms with Crippen LogP contribution in [-0.2, 0) is 11.2 Å². The zero-order chi connectivity index (χ0) is 18.9. The van der Waals surface area contributed by atoms with Gasteiger partial charge in [0.15, 0.2) is 5.96 Å². The molecule has 0 aliphatic carbocycles. The van der Waals surface area contributed by atoms with E-state index in [0.717, 1.165) is 49.5 Å².